The molecule has 0 aliphatic heterocycles. The third kappa shape index (κ3) is 3.23. The van der Waals surface area contributed by atoms with Gasteiger partial charge in [0.2, 0.25) is 0 Å². The number of hydrogen-bond donors (Lipinski definition) is 1. The van der Waals surface area contributed by atoms with Gasteiger partial charge in [0.25, 0.3) is 0 Å². The highest BCUT2D eigenvalue weighted by Gasteiger charge is 2.30. The summed E-state index contributed by atoms with van der Waals surface area (Å²) in [6.07, 6.45) is 7.93. The molecule has 0 spiro atoms. The predicted molar refractivity (Wildman–Crippen MR) is 58.8 cm³/mol. The summed E-state index contributed by atoms with van der Waals surface area (Å²) in [6, 6.07) is 0. The molecule has 0 saturated heterocycles. The Bertz CT molecular complexity index is 153. The molecule has 3 nitrogen and oxygen atoms in total. The maximum absolute atomic E-state index is 5.93. The molecule has 3 heteroatoms. The first kappa shape index (κ1) is 12.0. The normalized spacial score (nSPS) is 22.3. The largest absolute Gasteiger partial charge is 0.330 e. The van der Waals surface area contributed by atoms with E-state index in [-0.39, 0.29) is 0 Å². The zero-order valence-corrected chi connectivity index (χ0v) is 9.59. The Labute approximate surface area is 87.6 Å². The first-order chi connectivity index (χ1) is 6.72. The minimum atomic E-state index is 0.307. The summed E-state index contributed by atoms with van der Waals surface area (Å²) in [7, 11) is 3.71. The first-order valence-corrected chi connectivity index (χ1v) is 5.68. The summed E-state index contributed by atoms with van der Waals surface area (Å²) in [6.45, 7) is 1.76. The fourth-order valence-corrected chi connectivity index (χ4v) is 2.44. The molecule has 1 rings (SSSR count). The van der Waals surface area contributed by atoms with Crippen LogP contribution < -0.4 is 5.73 Å². The van der Waals surface area contributed by atoms with Crippen molar-refractivity contribution in [2.75, 3.05) is 27.2 Å². The highest BCUT2D eigenvalue weighted by atomic mass is 16.7. The summed E-state index contributed by atoms with van der Waals surface area (Å²) < 4.78 is 0. The Morgan fingerprint density at radius 1 is 1.21 bits per heavy atom. The number of nitrogens with zero attached hydrogens (tertiary/aromatic N) is 1. The molecule has 0 amide bonds. The number of rotatable bonds is 4. The molecule has 0 unspecified atom stereocenters. The van der Waals surface area contributed by atoms with E-state index >= 15 is 0 Å². The maximum atomic E-state index is 5.93. The molecule has 0 atom stereocenters. The van der Waals surface area contributed by atoms with Crippen LogP contribution in [-0.4, -0.2) is 32.3 Å². The lowest BCUT2D eigenvalue weighted by Crippen LogP contribution is -2.40. The third-order valence-electron chi connectivity index (χ3n) is 3.47. The lowest BCUT2D eigenvalue weighted by Gasteiger charge is -2.34. The van der Waals surface area contributed by atoms with Crippen molar-refractivity contribution < 1.29 is 4.84 Å². The van der Waals surface area contributed by atoms with Gasteiger partial charge in [-0.05, 0) is 24.8 Å². The minimum absolute atomic E-state index is 0.307. The van der Waals surface area contributed by atoms with Gasteiger partial charge in [-0.25, -0.2) is 0 Å². The quantitative estimate of drug-likeness (QED) is 0.555. The molecule has 14 heavy (non-hydrogen) atoms. The van der Waals surface area contributed by atoms with Crippen LogP contribution in [0.4, 0.5) is 0 Å². The van der Waals surface area contributed by atoms with Gasteiger partial charge in [0, 0.05) is 13.6 Å². The molecule has 1 fully saturated rings. The number of hydroxylamine groups is 2. The molecule has 2 N–H and O–H groups in total. The predicted octanol–water partition coefficient (Wildman–Crippen LogP) is 1.78. The van der Waals surface area contributed by atoms with Crippen molar-refractivity contribution in [1.82, 2.24) is 5.06 Å². The van der Waals surface area contributed by atoms with E-state index < -0.39 is 0 Å². The van der Waals surface area contributed by atoms with Crippen molar-refractivity contribution in [2.24, 2.45) is 11.1 Å². The molecule has 0 aromatic heterocycles. The van der Waals surface area contributed by atoms with E-state index in [4.69, 9.17) is 10.6 Å². The Morgan fingerprint density at radius 2 is 1.79 bits per heavy atom. The monoisotopic (exact) mass is 200 g/mol. The van der Waals surface area contributed by atoms with Crippen LogP contribution in [0.25, 0.3) is 0 Å². The van der Waals surface area contributed by atoms with Gasteiger partial charge < -0.3 is 10.6 Å². The van der Waals surface area contributed by atoms with E-state index in [1.807, 2.05) is 12.1 Å². The topological polar surface area (TPSA) is 38.5 Å². The average Bonchev–Trinajstić information content (AvgIpc) is 2.44. The second kappa shape index (κ2) is 5.69. The molecule has 0 aromatic rings. The lowest BCUT2D eigenvalue weighted by molar-refractivity contribution is -0.132. The molecule has 0 heterocycles. The van der Waals surface area contributed by atoms with Crippen molar-refractivity contribution in [1.29, 1.82) is 0 Å². The minimum Gasteiger partial charge on any atom is -0.330 e. The summed E-state index contributed by atoms with van der Waals surface area (Å²) >= 11 is 0. The molecule has 0 bridgehead atoms. The summed E-state index contributed by atoms with van der Waals surface area (Å²) in [5.41, 5.74) is 6.24. The van der Waals surface area contributed by atoms with Gasteiger partial charge >= 0.3 is 0 Å². The SMILES string of the molecule is CON(C)CC1(CN)CCCCCC1. The van der Waals surface area contributed by atoms with Crippen LogP contribution in [0.5, 0.6) is 0 Å². The van der Waals surface area contributed by atoms with Gasteiger partial charge in [0.1, 0.15) is 0 Å². The van der Waals surface area contributed by atoms with E-state index in [9.17, 15) is 0 Å². The van der Waals surface area contributed by atoms with Crippen molar-refractivity contribution in [3.63, 3.8) is 0 Å². The second-order valence-corrected chi connectivity index (χ2v) is 4.59. The van der Waals surface area contributed by atoms with E-state index in [1.54, 1.807) is 7.11 Å². The van der Waals surface area contributed by atoms with Gasteiger partial charge in [-0.3, -0.25) is 0 Å². The Kier molecular flexibility index (Phi) is 4.85. The molecule has 1 saturated carbocycles. The zero-order valence-electron chi connectivity index (χ0n) is 9.59. The van der Waals surface area contributed by atoms with E-state index in [2.05, 4.69) is 0 Å². The zero-order chi connectivity index (χ0) is 10.4. The smallest absolute Gasteiger partial charge is 0.0575 e. The molecular formula is C11H24N2O. The third-order valence-corrected chi connectivity index (χ3v) is 3.47. The van der Waals surface area contributed by atoms with Gasteiger partial charge in [0.15, 0.2) is 0 Å². The summed E-state index contributed by atoms with van der Waals surface area (Å²) in [5.74, 6) is 0. The Balaban J connectivity index is 2.53. The van der Waals surface area contributed by atoms with Gasteiger partial charge in [-0.1, -0.05) is 25.7 Å². The first-order valence-electron chi connectivity index (χ1n) is 5.68. The van der Waals surface area contributed by atoms with E-state index in [1.165, 1.54) is 38.5 Å². The molecule has 0 radical (unpaired) electrons. The van der Waals surface area contributed by atoms with Crippen LogP contribution in [-0.2, 0) is 4.84 Å². The van der Waals surface area contributed by atoms with Gasteiger partial charge in [-0.2, -0.15) is 5.06 Å². The number of nitrogens with two attached hydrogens (primary N) is 1. The highest BCUT2D eigenvalue weighted by molar-refractivity contribution is 4.83. The highest BCUT2D eigenvalue weighted by Crippen LogP contribution is 2.34. The molecular weight excluding hydrogens is 176 g/mol. The fraction of sp³-hybridized carbons (Fsp3) is 1.00. The molecule has 0 aromatic carbocycles. The van der Waals surface area contributed by atoms with Crippen LogP contribution >= 0.6 is 0 Å². The van der Waals surface area contributed by atoms with Crippen LogP contribution in [0.3, 0.4) is 0 Å². The van der Waals surface area contributed by atoms with Crippen LogP contribution in [0, 0.1) is 5.41 Å². The van der Waals surface area contributed by atoms with Crippen LogP contribution in [0.2, 0.25) is 0 Å². The standard InChI is InChI=1S/C11H24N2O/c1-13(14-2)10-11(9-12)7-5-3-4-6-8-11/h3-10,12H2,1-2H3. The second-order valence-electron chi connectivity index (χ2n) is 4.59. The van der Waals surface area contributed by atoms with Crippen LogP contribution in [0.15, 0.2) is 0 Å². The summed E-state index contributed by atoms with van der Waals surface area (Å²) in [5, 5.41) is 1.91. The van der Waals surface area contributed by atoms with Gasteiger partial charge in [0.05, 0.1) is 7.11 Å². The van der Waals surface area contributed by atoms with Crippen molar-refractivity contribution in [3.05, 3.63) is 0 Å². The lowest BCUT2D eigenvalue weighted by atomic mass is 9.80. The Morgan fingerprint density at radius 3 is 2.21 bits per heavy atom. The number of hydrogen-bond acceptors (Lipinski definition) is 3. The maximum Gasteiger partial charge on any atom is 0.0575 e. The Hall–Kier alpha value is -0.120. The van der Waals surface area contributed by atoms with E-state index in [0.29, 0.717) is 5.41 Å². The average molecular weight is 200 g/mol. The van der Waals surface area contributed by atoms with Gasteiger partial charge in [-0.15, -0.1) is 0 Å². The van der Waals surface area contributed by atoms with Crippen molar-refractivity contribution in [3.8, 4) is 0 Å². The van der Waals surface area contributed by atoms with E-state index in [0.717, 1.165) is 13.1 Å². The fourth-order valence-electron chi connectivity index (χ4n) is 2.44. The molecule has 1 aliphatic rings. The van der Waals surface area contributed by atoms with Crippen molar-refractivity contribution in [2.45, 2.75) is 38.5 Å². The summed E-state index contributed by atoms with van der Waals surface area (Å²) in [4.78, 5) is 5.20. The van der Waals surface area contributed by atoms with Crippen molar-refractivity contribution >= 4 is 0 Å². The van der Waals surface area contributed by atoms with Crippen LogP contribution in [0.1, 0.15) is 38.5 Å². The molecule has 1 aliphatic carbocycles. The molecule has 84 valence electrons.